The molecule has 1 aromatic rings. The number of likely N-dealkylation sites (N-methyl/N-ethyl adjacent to an activating group) is 1. The van der Waals surface area contributed by atoms with Gasteiger partial charge in [0.15, 0.2) is 5.96 Å². The minimum atomic E-state index is 0.189. The number of benzene rings is 1. The minimum absolute atomic E-state index is 0.189. The smallest absolute Gasteiger partial charge is 0.198 e. The van der Waals surface area contributed by atoms with Crippen molar-refractivity contribution in [1.82, 2.24) is 9.80 Å². The molecule has 1 aliphatic heterocycles. The molecule has 2 atom stereocenters. The van der Waals surface area contributed by atoms with Gasteiger partial charge in [0, 0.05) is 37.1 Å². The predicted molar refractivity (Wildman–Crippen MR) is 109 cm³/mol. The fourth-order valence-corrected chi connectivity index (χ4v) is 4.09. The van der Waals surface area contributed by atoms with Crippen LogP contribution in [0.4, 0.5) is 5.69 Å². The Kier molecular flexibility index (Phi) is 6.62. The number of thioether (sulfide) groups is 1. The molecule has 5 nitrogen and oxygen atoms in total. The molecule has 0 aromatic heterocycles. The van der Waals surface area contributed by atoms with Gasteiger partial charge >= 0.3 is 0 Å². The highest BCUT2D eigenvalue weighted by Gasteiger charge is 2.25. The monoisotopic (exact) mass is 361 g/mol. The lowest BCUT2D eigenvalue weighted by Gasteiger charge is -2.36. The molecule has 1 saturated carbocycles. The van der Waals surface area contributed by atoms with Gasteiger partial charge in [-0.25, -0.2) is 4.99 Å². The lowest BCUT2D eigenvalue weighted by atomic mass is 9.91. The molecule has 0 bridgehead atoms. The molecule has 0 amide bonds. The highest BCUT2D eigenvalue weighted by atomic mass is 32.2. The zero-order chi connectivity index (χ0) is 17.6. The molecule has 1 aromatic carbocycles. The van der Waals surface area contributed by atoms with Crippen molar-refractivity contribution in [3.63, 3.8) is 0 Å². The molecule has 3 rings (SSSR count). The van der Waals surface area contributed by atoms with Gasteiger partial charge < -0.3 is 20.9 Å². The van der Waals surface area contributed by atoms with Crippen molar-refractivity contribution >= 4 is 23.4 Å². The summed E-state index contributed by atoms with van der Waals surface area (Å²) in [5, 5.41) is 3.63. The van der Waals surface area contributed by atoms with Crippen LogP contribution in [0.3, 0.4) is 0 Å². The van der Waals surface area contributed by atoms with E-state index in [4.69, 9.17) is 10.7 Å². The molecule has 0 radical (unpaired) electrons. The minimum Gasteiger partial charge on any atom is -0.340 e. The van der Waals surface area contributed by atoms with Crippen molar-refractivity contribution in [2.75, 3.05) is 44.8 Å². The van der Waals surface area contributed by atoms with E-state index in [-0.39, 0.29) is 12.1 Å². The molecule has 0 spiro atoms. The first-order valence-corrected chi connectivity index (χ1v) is 10.6. The summed E-state index contributed by atoms with van der Waals surface area (Å²) in [6, 6.07) is 8.88. The molecule has 3 N–H and O–H groups in total. The average Bonchev–Trinajstić information content (AvgIpc) is 2.64. The summed E-state index contributed by atoms with van der Waals surface area (Å²) in [4.78, 5) is 11.1. The van der Waals surface area contributed by atoms with Crippen molar-refractivity contribution in [1.29, 1.82) is 0 Å². The Bertz CT molecular complexity index is 583. The first kappa shape index (κ1) is 18.5. The molecular weight excluding hydrogens is 330 g/mol. The Morgan fingerprint density at radius 3 is 2.60 bits per heavy atom. The number of piperazine rings is 1. The van der Waals surface area contributed by atoms with Gasteiger partial charge in [0.1, 0.15) is 0 Å². The number of hydrogen-bond acceptors (Lipinski definition) is 4. The summed E-state index contributed by atoms with van der Waals surface area (Å²) in [5.74, 6) is 0.997. The number of guanidine groups is 1. The second kappa shape index (κ2) is 8.92. The van der Waals surface area contributed by atoms with Crippen molar-refractivity contribution < 1.29 is 0 Å². The lowest BCUT2D eigenvalue weighted by Crippen LogP contribution is -2.50. The standard InChI is InChI=1S/C19H31N5S/c1-23-11-13-24(14-12-23)19(21-16-8-4-3-7-15(16)20)22-17-9-5-6-10-18(17)25-2/h5-6,9-10,15-16H,3-4,7-8,11-14,20H2,1-2H3,(H,21,22)/t15-,16-/m0/s1. The van der Waals surface area contributed by atoms with Crippen LogP contribution < -0.4 is 11.1 Å². The Morgan fingerprint density at radius 2 is 1.88 bits per heavy atom. The first-order valence-electron chi connectivity index (χ1n) is 9.34. The normalized spacial score (nSPS) is 25.9. The van der Waals surface area contributed by atoms with E-state index >= 15 is 0 Å². The van der Waals surface area contributed by atoms with Crippen LogP contribution in [0.25, 0.3) is 0 Å². The number of nitrogens with one attached hydrogen (secondary N) is 1. The van der Waals surface area contributed by atoms with Gasteiger partial charge in [-0.3, -0.25) is 0 Å². The molecule has 2 aliphatic rings. The lowest BCUT2D eigenvalue weighted by molar-refractivity contribution is 0.214. The summed E-state index contributed by atoms with van der Waals surface area (Å²) in [6.45, 7) is 4.15. The van der Waals surface area contributed by atoms with E-state index in [1.54, 1.807) is 11.8 Å². The second-order valence-corrected chi connectivity index (χ2v) is 7.93. The van der Waals surface area contributed by atoms with Gasteiger partial charge in [-0.15, -0.1) is 11.8 Å². The quantitative estimate of drug-likeness (QED) is 0.492. The summed E-state index contributed by atoms with van der Waals surface area (Å²) < 4.78 is 0. The second-order valence-electron chi connectivity index (χ2n) is 7.08. The molecule has 2 fully saturated rings. The average molecular weight is 362 g/mol. The van der Waals surface area contributed by atoms with E-state index in [2.05, 4.69) is 52.7 Å². The van der Waals surface area contributed by atoms with Crippen LogP contribution >= 0.6 is 11.8 Å². The van der Waals surface area contributed by atoms with Crippen LogP contribution in [0.15, 0.2) is 34.2 Å². The van der Waals surface area contributed by atoms with Crippen LogP contribution in [0.1, 0.15) is 25.7 Å². The number of hydrogen-bond donors (Lipinski definition) is 2. The molecule has 1 saturated heterocycles. The Labute approximate surface area is 156 Å². The van der Waals surface area contributed by atoms with Crippen LogP contribution in [-0.4, -0.2) is 67.3 Å². The van der Waals surface area contributed by atoms with Gasteiger partial charge in [0.2, 0.25) is 0 Å². The van der Waals surface area contributed by atoms with Crippen molar-refractivity contribution in [2.24, 2.45) is 10.7 Å². The number of para-hydroxylation sites is 1. The third kappa shape index (κ3) is 4.90. The van der Waals surface area contributed by atoms with Crippen LogP contribution in [0, 0.1) is 0 Å². The molecule has 0 unspecified atom stereocenters. The summed E-state index contributed by atoms with van der Waals surface area (Å²) in [6.07, 6.45) is 6.78. The fourth-order valence-electron chi connectivity index (χ4n) is 3.54. The van der Waals surface area contributed by atoms with Crippen LogP contribution in [0.5, 0.6) is 0 Å². The van der Waals surface area contributed by atoms with E-state index in [0.29, 0.717) is 0 Å². The topological polar surface area (TPSA) is 56.9 Å². The summed E-state index contributed by atoms with van der Waals surface area (Å²) in [5.41, 5.74) is 7.50. The van der Waals surface area contributed by atoms with E-state index in [1.165, 1.54) is 17.7 Å². The van der Waals surface area contributed by atoms with Gasteiger partial charge in [0.05, 0.1) is 11.7 Å². The number of nitrogens with two attached hydrogens (primary N) is 1. The van der Waals surface area contributed by atoms with Gasteiger partial charge in [0.25, 0.3) is 0 Å². The summed E-state index contributed by atoms with van der Waals surface area (Å²) in [7, 11) is 2.18. The van der Waals surface area contributed by atoms with E-state index in [1.807, 2.05) is 0 Å². The van der Waals surface area contributed by atoms with Crippen molar-refractivity contribution in [3.05, 3.63) is 24.3 Å². The molecule has 1 aliphatic carbocycles. The third-order valence-electron chi connectivity index (χ3n) is 5.23. The fraction of sp³-hybridized carbons (Fsp3) is 0.632. The molecule has 6 heteroatoms. The third-order valence-corrected chi connectivity index (χ3v) is 6.02. The van der Waals surface area contributed by atoms with Crippen molar-refractivity contribution in [3.8, 4) is 0 Å². The van der Waals surface area contributed by atoms with Crippen LogP contribution in [0.2, 0.25) is 0 Å². The SMILES string of the molecule is CSc1ccccc1NC(=N[C@H]1CCCC[C@@H]1N)N1CCN(C)CC1. The van der Waals surface area contributed by atoms with Crippen molar-refractivity contribution in [2.45, 2.75) is 42.7 Å². The maximum Gasteiger partial charge on any atom is 0.198 e. The van der Waals surface area contributed by atoms with E-state index in [9.17, 15) is 0 Å². The molecule has 1 heterocycles. The van der Waals surface area contributed by atoms with Gasteiger partial charge in [-0.05, 0) is 38.3 Å². The summed E-state index contributed by atoms with van der Waals surface area (Å²) >= 11 is 1.76. The highest BCUT2D eigenvalue weighted by molar-refractivity contribution is 7.98. The predicted octanol–water partition coefficient (Wildman–Crippen LogP) is 2.69. The van der Waals surface area contributed by atoms with Crippen LogP contribution in [-0.2, 0) is 0 Å². The Balaban J connectivity index is 1.83. The zero-order valence-electron chi connectivity index (χ0n) is 15.4. The molecule has 25 heavy (non-hydrogen) atoms. The number of rotatable bonds is 3. The zero-order valence-corrected chi connectivity index (χ0v) is 16.3. The number of nitrogens with zero attached hydrogens (tertiary/aromatic N) is 3. The van der Waals surface area contributed by atoms with Gasteiger partial charge in [-0.1, -0.05) is 25.0 Å². The maximum absolute atomic E-state index is 6.36. The first-order chi connectivity index (χ1) is 12.2. The molecule has 138 valence electrons. The Morgan fingerprint density at radius 1 is 1.16 bits per heavy atom. The maximum atomic E-state index is 6.36. The van der Waals surface area contributed by atoms with E-state index in [0.717, 1.165) is 50.7 Å². The largest absolute Gasteiger partial charge is 0.340 e. The Hall–Kier alpha value is -1.24. The van der Waals surface area contributed by atoms with Gasteiger partial charge in [-0.2, -0.15) is 0 Å². The number of aliphatic imine (C=N–C) groups is 1. The number of anilines is 1. The highest BCUT2D eigenvalue weighted by Crippen LogP contribution is 2.26. The van der Waals surface area contributed by atoms with E-state index < -0.39 is 0 Å². The molecular formula is C19H31N5S.